The Kier molecular flexibility index (Phi) is 4.63. The van der Waals surface area contributed by atoms with Gasteiger partial charge in [-0.1, -0.05) is 0 Å². The SMILES string of the molecule is COC(=O)c1cc(C(F)(F)F)c2cc(OC)cc(NC(C)=O)c2n1. The van der Waals surface area contributed by atoms with E-state index in [1.54, 1.807) is 0 Å². The Bertz CT molecular complexity index is 818. The predicted octanol–water partition coefficient (Wildman–Crippen LogP) is 3.01. The summed E-state index contributed by atoms with van der Waals surface area (Å²) in [5.41, 5.74) is -1.80. The van der Waals surface area contributed by atoms with Gasteiger partial charge in [-0.2, -0.15) is 13.2 Å². The van der Waals surface area contributed by atoms with Gasteiger partial charge >= 0.3 is 12.1 Å². The van der Waals surface area contributed by atoms with Crippen LogP contribution in [-0.4, -0.2) is 31.1 Å². The third kappa shape index (κ3) is 3.39. The molecule has 0 saturated heterocycles. The number of hydrogen-bond acceptors (Lipinski definition) is 5. The highest BCUT2D eigenvalue weighted by Crippen LogP contribution is 2.39. The number of ether oxygens (including phenoxy) is 2. The summed E-state index contributed by atoms with van der Waals surface area (Å²) < 4.78 is 49.6. The number of methoxy groups -OCH3 is 2. The van der Waals surface area contributed by atoms with Crippen LogP contribution < -0.4 is 10.1 Å². The highest BCUT2D eigenvalue weighted by Gasteiger charge is 2.35. The van der Waals surface area contributed by atoms with Crippen LogP contribution in [0.1, 0.15) is 23.0 Å². The molecule has 0 bridgehead atoms. The van der Waals surface area contributed by atoms with Crippen LogP contribution >= 0.6 is 0 Å². The zero-order valence-electron chi connectivity index (χ0n) is 12.9. The molecular weight excluding hydrogens is 329 g/mol. The number of hydrogen-bond donors (Lipinski definition) is 1. The van der Waals surface area contributed by atoms with Gasteiger partial charge in [-0.05, 0) is 12.1 Å². The summed E-state index contributed by atoms with van der Waals surface area (Å²) in [6.45, 7) is 1.19. The van der Waals surface area contributed by atoms with E-state index in [1.165, 1.54) is 20.1 Å². The molecular formula is C15H13F3N2O4. The Hall–Kier alpha value is -2.84. The number of nitrogens with one attached hydrogen (secondary N) is 1. The molecule has 2 aromatic rings. The van der Waals surface area contributed by atoms with Gasteiger partial charge in [0.2, 0.25) is 5.91 Å². The third-order valence-electron chi connectivity index (χ3n) is 3.13. The maximum atomic E-state index is 13.4. The molecule has 1 heterocycles. The molecule has 0 unspecified atom stereocenters. The number of amides is 1. The van der Waals surface area contributed by atoms with Gasteiger partial charge < -0.3 is 14.8 Å². The minimum Gasteiger partial charge on any atom is -0.497 e. The summed E-state index contributed by atoms with van der Waals surface area (Å²) in [4.78, 5) is 26.9. The molecule has 0 radical (unpaired) electrons. The van der Waals surface area contributed by atoms with E-state index in [2.05, 4.69) is 15.0 Å². The molecule has 0 fully saturated rings. The summed E-state index contributed by atoms with van der Waals surface area (Å²) in [5, 5.41) is 2.08. The number of alkyl halides is 3. The van der Waals surface area contributed by atoms with Crippen molar-refractivity contribution in [3.05, 3.63) is 29.5 Å². The fourth-order valence-electron chi connectivity index (χ4n) is 2.15. The minimum absolute atomic E-state index is 0.00639. The van der Waals surface area contributed by atoms with E-state index < -0.39 is 29.3 Å². The second-order valence-corrected chi connectivity index (χ2v) is 4.80. The molecule has 1 aromatic heterocycles. The number of esters is 1. The second kappa shape index (κ2) is 6.34. The monoisotopic (exact) mass is 342 g/mol. The lowest BCUT2D eigenvalue weighted by Crippen LogP contribution is -2.13. The number of benzene rings is 1. The molecule has 0 aliphatic heterocycles. The molecule has 24 heavy (non-hydrogen) atoms. The summed E-state index contributed by atoms with van der Waals surface area (Å²) in [7, 11) is 2.31. The lowest BCUT2D eigenvalue weighted by Gasteiger charge is -2.15. The van der Waals surface area contributed by atoms with Crippen molar-refractivity contribution in [2.45, 2.75) is 13.1 Å². The van der Waals surface area contributed by atoms with Gasteiger partial charge in [0.15, 0.2) is 0 Å². The average Bonchev–Trinajstić information content (AvgIpc) is 2.51. The number of anilines is 1. The summed E-state index contributed by atoms with van der Waals surface area (Å²) >= 11 is 0. The number of fused-ring (bicyclic) bond motifs is 1. The van der Waals surface area contributed by atoms with E-state index in [0.29, 0.717) is 6.07 Å². The molecule has 1 aromatic carbocycles. The first-order chi connectivity index (χ1) is 11.2. The fourth-order valence-corrected chi connectivity index (χ4v) is 2.15. The van der Waals surface area contributed by atoms with Crippen molar-refractivity contribution in [2.24, 2.45) is 0 Å². The molecule has 0 atom stereocenters. The number of aromatic nitrogens is 1. The topological polar surface area (TPSA) is 77.5 Å². The lowest BCUT2D eigenvalue weighted by atomic mass is 10.0. The number of halogens is 3. The highest BCUT2D eigenvalue weighted by molar-refractivity contribution is 6.03. The van der Waals surface area contributed by atoms with Crippen LogP contribution in [0.2, 0.25) is 0 Å². The van der Waals surface area contributed by atoms with Gasteiger partial charge in [0.1, 0.15) is 11.4 Å². The smallest absolute Gasteiger partial charge is 0.417 e. The third-order valence-corrected chi connectivity index (χ3v) is 3.13. The molecule has 9 heteroatoms. The fraction of sp³-hybridized carbons (Fsp3) is 0.267. The molecule has 0 saturated carbocycles. The Morgan fingerprint density at radius 1 is 1.17 bits per heavy atom. The number of carbonyl (C=O) groups excluding carboxylic acids is 2. The van der Waals surface area contributed by atoms with E-state index in [1.807, 2.05) is 0 Å². The standard InChI is InChI=1S/C15H13F3N2O4/c1-7(21)19-11-5-8(23-2)4-9-10(15(16,17)18)6-12(14(22)24-3)20-13(9)11/h4-6H,1-3H3,(H,19,21). The molecule has 128 valence electrons. The van der Waals surface area contributed by atoms with Gasteiger partial charge in [-0.25, -0.2) is 9.78 Å². The molecule has 2 rings (SSSR count). The zero-order valence-corrected chi connectivity index (χ0v) is 12.9. The van der Waals surface area contributed by atoms with Gasteiger partial charge in [0.25, 0.3) is 0 Å². The second-order valence-electron chi connectivity index (χ2n) is 4.80. The number of nitrogens with zero attached hydrogens (tertiary/aromatic N) is 1. The quantitative estimate of drug-likeness (QED) is 0.868. The van der Waals surface area contributed by atoms with Gasteiger partial charge in [-0.15, -0.1) is 0 Å². The van der Waals surface area contributed by atoms with Crippen LogP contribution in [0, 0.1) is 0 Å². The molecule has 0 spiro atoms. The van der Waals surface area contributed by atoms with Crippen molar-refractivity contribution >= 4 is 28.5 Å². The first kappa shape index (κ1) is 17.5. The van der Waals surface area contributed by atoms with E-state index in [0.717, 1.165) is 13.2 Å². The van der Waals surface area contributed by atoms with E-state index in [-0.39, 0.29) is 22.3 Å². The van der Waals surface area contributed by atoms with E-state index in [4.69, 9.17) is 4.74 Å². The van der Waals surface area contributed by atoms with Crippen LogP contribution in [0.4, 0.5) is 18.9 Å². The molecule has 0 aliphatic carbocycles. The van der Waals surface area contributed by atoms with Crippen molar-refractivity contribution in [1.29, 1.82) is 0 Å². The van der Waals surface area contributed by atoms with Crippen molar-refractivity contribution in [2.75, 3.05) is 19.5 Å². The summed E-state index contributed by atoms with van der Waals surface area (Å²) in [6.07, 6.45) is -4.75. The Labute approximate surface area is 134 Å². The number of pyridine rings is 1. The minimum atomic E-state index is -4.75. The first-order valence-electron chi connectivity index (χ1n) is 6.63. The maximum absolute atomic E-state index is 13.4. The highest BCUT2D eigenvalue weighted by atomic mass is 19.4. The van der Waals surface area contributed by atoms with Gasteiger partial charge in [0.05, 0.1) is 31.0 Å². The van der Waals surface area contributed by atoms with Crippen molar-refractivity contribution in [3.63, 3.8) is 0 Å². The van der Waals surface area contributed by atoms with Gasteiger partial charge in [-0.3, -0.25) is 4.79 Å². The van der Waals surface area contributed by atoms with E-state index >= 15 is 0 Å². The zero-order chi connectivity index (χ0) is 18.1. The van der Waals surface area contributed by atoms with Crippen molar-refractivity contribution < 1.29 is 32.2 Å². The Morgan fingerprint density at radius 3 is 2.33 bits per heavy atom. The van der Waals surface area contributed by atoms with E-state index in [9.17, 15) is 22.8 Å². The first-order valence-corrected chi connectivity index (χ1v) is 6.63. The Morgan fingerprint density at radius 2 is 1.83 bits per heavy atom. The lowest BCUT2D eigenvalue weighted by molar-refractivity contribution is -0.136. The van der Waals surface area contributed by atoms with Gasteiger partial charge in [0, 0.05) is 18.4 Å². The van der Waals surface area contributed by atoms with Crippen molar-refractivity contribution in [3.8, 4) is 5.75 Å². The molecule has 1 N–H and O–H groups in total. The molecule has 1 amide bonds. The van der Waals surface area contributed by atoms with Crippen LogP contribution in [0.25, 0.3) is 10.9 Å². The van der Waals surface area contributed by atoms with Crippen LogP contribution in [0.5, 0.6) is 5.75 Å². The van der Waals surface area contributed by atoms with Crippen LogP contribution in [0.3, 0.4) is 0 Å². The van der Waals surface area contributed by atoms with Crippen molar-refractivity contribution in [1.82, 2.24) is 4.98 Å². The number of rotatable bonds is 3. The van der Waals surface area contributed by atoms with Crippen LogP contribution in [0.15, 0.2) is 18.2 Å². The predicted molar refractivity (Wildman–Crippen MR) is 78.9 cm³/mol. The average molecular weight is 342 g/mol. The summed E-state index contributed by atoms with van der Waals surface area (Å²) in [5.74, 6) is -1.43. The normalized spacial score (nSPS) is 11.2. The maximum Gasteiger partial charge on any atom is 0.417 e. The van der Waals surface area contributed by atoms with Crippen LogP contribution in [-0.2, 0) is 15.7 Å². The largest absolute Gasteiger partial charge is 0.497 e. The number of carbonyl (C=O) groups is 2. The molecule has 0 aliphatic rings. The molecule has 6 nitrogen and oxygen atoms in total. The Balaban J connectivity index is 2.91. The summed E-state index contributed by atoms with van der Waals surface area (Å²) in [6, 6.07) is 3.06.